The number of ether oxygens (including phenoxy) is 1. The van der Waals surface area contributed by atoms with Crippen molar-refractivity contribution in [2.75, 3.05) is 25.1 Å². The first-order valence-corrected chi connectivity index (χ1v) is 7.08. The van der Waals surface area contributed by atoms with Crippen LogP contribution in [-0.2, 0) is 11.2 Å². The first-order valence-electron chi connectivity index (χ1n) is 7.08. The van der Waals surface area contributed by atoms with Gasteiger partial charge in [-0.15, -0.1) is 0 Å². The Kier molecular flexibility index (Phi) is 6.32. The summed E-state index contributed by atoms with van der Waals surface area (Å²) in [5, 5.41) is 0. The molecule has 0 heterocycles. The Labute approximate surface area is 117 Å². The van der Waals surface area contributed by atoms with Crippen LogP contribution in [0.3, 0.4) is 0 Å². The van der Waals surface area contributed by atoms with Gasteiger partial charge in [-0.1, -0.05) is 17.7 Å². The third kappa shape index (κ3) is 5.62. The van der Waals surface area contributed by atoms with Crippen molar-refractivity contribution in [2.24, 2.45) is 5.73 Å². The summed E-state index contributed by atoms with van der Waals surface area (Å²) >= 11 is 0. The molecule has 0 spiro atoms. The van der Waals surface area contributed by atoms with Crippen LogP contribution in [0.1, 0.15) is 31.9 Å². The second kappa shape index (κ2) is 7.51. The summed E-state index contributed by atoms with van der Waals surface area (Å²) in [6.07, 6.45) is 1.20. The highest BCUT2D eigenvalue weighted by molar-refractivity contribution is 5.54. The number of anilines is 1. The zero-order valence-electron chi connectivity index (χ0n) is 12.9. The molecule has 0 bridgehead atoms. The van der Waals surface area contributed by atoms with E-state index in [0.717, 1.165) is 19.6 Å². The second-order valence-corrected chi connectivity index (χ2v) is 5.65. The molecule has 0 aliphatic carbocycles. The highest BCUT2D eigenvalue weighted by Gasteiger charge is 2.09. The van der Waals surface area contributed by atoms with Gasteiger partial charge in [0, 0.05) is 25.3 Å². The van der Waals surface area contributed by atoms with Gasteiger partial charge >= 0.3 is 0 Å². The van der Waals surface area contributed by atoms with E-state index in [1.807, 2.05) is 6.92 Å². The molecule has 0 aliphatic rings. The lowest BCUT2D eigenvalue weighted by molar-refractivity contribution is 0.0846. The van der Waals surface area contributed by atoms with Gasteiger partial charge in [-0.2, -0.15) is 0 Å². The molecule has 0 aliphatic heterocycles. The largest absolute Gasteiger partial charge is 0.377 e. The smallest absolute Gasteiger partial charge is 0.0644 e. The van der Waals surface area contributed by atoms with Crippen molar-refractivity contribution in [2.45, 2.75) is 46.3 Å². The first kappa shape index (κ1) is 16.0. The predicted molar refractivity (Wildman–Crippen MR) is 82.9 cm³/mol. The summed E-state index contributed by atoms with van der Waals surface area (Å²) in [6, 6.07) is 6.75. The molecule has 0 amide bonds. The number of aryl methyl sites for hydroxylation is 1. The van der Waals surface area contributed by atoms with Crippen molar-refractivity contribution in [1.82, 2.24) is 0 Å². The minimum Gasteiger partial charge on any atom is -0.377 e. The van der Waals surface area contributed by atoms with E-state index in [9.17, 15) is 0 Å². The van der Waals surface area contributed by atoms with Gasteiger partial charge in [0.2, 0.25) is 0 Å². The molecule has 0 saturated carbocycles. The fourth-order valence-electron chi connectivity index (χ4n) is 2.14. The van der Waals surface area contributed by atoms with Crippen LogP contribution in [-0.4, -0.2) is 32.3 Å². The van der Waals surface area contributed by atoms with Crippen LogP contribution in [0.5, 0.6) is 0 Å². The molecule has 108 valence electrons. The van der Waals surface area contributed by atoms with Gasteiger partial charge in [-0.05, 0) is 45.7 Å². The second-order valence-electron chi connectivity index (χ2n) is 5.65. The van der Waals surface area contributed by atoms with E-state index in [4.69, 9.17) is 10.5 Å². The van der Waals surface area contributed by atoms with E-state index in [0.29, 0.717) is 0 Å². The van der Waals surface area contributed by atoms with E-state index in [-0.39, 0.29) is 12.1 Å². The molecule has 1 atom stereocenters. The molecule has 19 heavy (non-hydrogen) atoms. The van der Waals surface area contributed by atoms with E-state index >= 15 is 0 Å². The molecular formula is C16H28N2O. The van der Waals surface area contributed by atoms with E-state index < -0.39 is 0 Å². The predicted octanol–water partition coefficient (Wildman–Crippen LogP) is 2.75. The van der Waals surface area contributed by atoms with Crippen molar-refractivity contribution >= 4 is 5.69 Å². The molecule has 1 aromatic rings. The molecular weight excluding hydrogens is 236 g/mol. The molecule has 0 aromatic heterocycles. The normalized spacial score (nSPS) is 12.8. The number of hydrogen-bond donors (Lipinski definition) is 1. The first-order chi connectivity index (χ1) is 8.90. The number of rotatable bonds is 7. The fourth-order valence-corrected chi connectivity index (χ4v) is 2.14. The molecule has 1 rings (SSSR count). The van der Waals surface area contributed by atoms with Gasteiger partial charge in [0.15, 0.2) is 0 Å². The van der Waals surface area contributed by atoms with Crippen LogP contribution in [0.25, 0.3) is 0 Å². The third-order valence-electron chi connectivity index (χ3n) is 3.07. The van der Waals surface area contributed by atoms with E-state index in [1.165, 1.54) is 16.8 Å². The number of nitrogens with two attached hydrogens (primary N) is 1. The molecule has 3 nitrogen and oxygen atoms in total. The van der Waals surface area contributed by atoms with Gasteiger partial charge in [-0.25, -0.2) is 0 Å². The van der Waals surface area contributed by atoms with Gasteiger partial charge < -0.3 is 15.4 Å². The molecule has 0 fully saturated rings. The minimum atomic E-state index is 0.181. The van der Waals surface area contributed by atoms with Crippen LogP contribution in [0.2, 0.25) is 0 Å². The summed E-state index contributed by atoms with van der Waals surface area (Å²) in [7, 11) is 2.11. The monoisotopic (exact) mass is 264 g/mol. The average Bonchev–Trinajstić information content (AvgIpc) is 2.27. The third-order valence-corrected chi connectivity index (χ3v) is 3.07. The zero-order chi connectivity index (χ0) is 14.4. The van der Waals surface area contributed by atoms with Crippen LogP contribution in [0, 0.1) is 6.92 Å². The average molecular weight is 264 g/mol. The maximum absolute atomic E-state index is 5.94. The Morgan fingerprint density at radius 1 is 1.26 bits per heavy atom. The molecule has 1 unspecified atom stereocenters. The Bertz CT molecular complexity index is 388. The SMILES string of the molecule is Cc1ccc(N(C)CCOC(C)C)c(CC(C)N)c1. The molecule has 0 saturated heterocycles. The number of benzene rings is 1. The summed E-state index contributed by atoms with van der Waals surface area (Å²) < 4.78 is 5.61. The Morgan fingerprint density at radius 3 is 2.53 bits per heavy atom. The Balaban J connectivity index is 2.74. The lowest BCUT2D eigenvalue weighted by Crippen LogP contribution is -2.26. The fraction of sp³-hybridized carbons (Fsp3) is 0.625. The molecule has 2 N–H and O–H groups in total. The van der Waals surface area contributed by atoms with Crippen molar-refractivity contribution in [3.05, 3.63) is 29.3 Å². The van der Waals surface area contributed by atoms with Gasteiger partial charge in [0.25, 0.3) is 0 Å². The van der Waals surface area contributed by atoms with E-state index in [1.54, 1.807) is 0 Å². The summed E-state index contributed by atoms with van der Waals surface area (Å²) in [5.41, 5.74) is 9.80. The van der Waals surface area contributed by atoms with Crippen molar-refractivity contribution < 1.29 is 4.74 Å². The summed E-state index contributed by atoms with van der Waals surface area (Å²) in [4.78, 5) is 2.25. The molecule has 0 radical (unpaired) electrons. The highest BCUT2D eigenvalue weighted by atomic mass is 16.5. The Morgan fingerprint density at radius 2 is 1.95 bits per heavy atom. The van der Waals surface area contributed by atoms with E-state index in [2.05, 4.69) is 50.9 Å². The standard InChI is InChI=1S/C16H28N2O/c1-12(2)19-9-8-18(5)16-7-6-13(3)10-15(16)11-14(4)17/h6-7,10,12,14H,8-9,11,17H2,1-5H3. The van der Waals surface area contributed by atoms with Crippen LogP contribution in [0.4, 0.5) is 5.69 Å². The van der Waals surface area contributed by atoms with Crippen molar-refractivity contribution in [1.29, 1.82) is 0 Å². The lowest BCUT2D eigenvalue weighted by Gasteiger charge is -2.24. The van der Waals surface area contributed by atoms with Crippen LogP contribution < -0.4 is 10.6 Å². The van der Waals surface area contributed by atoms with Gasteiger partial charge in [-0.3, -0.25) is 0 Å². The maximum atomic E-state index is 5.94. The topological polar surface area (TPSA) is 38.5 Å². The summed E-state index contributed by atoms with van der Waals surface area (Å²) in [6.45, 7) is 9.94. The minimum absolute atomic E-state index is 0.181. The number of nitrogens with zero attached hydrogens (tertiary/aromatic N) is 1. The van der Waals surface area contributed by atoms with Gasteiger partial charge in [0.1, 0.15) is 0 Å². The van der Waals surface area contributed by atoms with Crippen LogP contribution >= 0.6 is 0 Å². The maximum Gasteiger partial charge on any atom is 0.0644 e. The Hall–Kier alpha value is -1.06. The molecule has 3 heteroatoms. The quantitative estimate of drug-likeness (QED) is 0.823. The summed E-state index contributed by atoms with van der Waals surface area (Å²) in [5.74, 6) is 0. The lowest BCUT2D eigenvalue weighted by atomic mass is 10.0. The van der Waals surface area contributed by atoms with Crippen molar-refractivity contribution in [3.8, 4) is 0 Å². The number of hydrogen-bond acceptors (Lipinski definition) is 3. The van der Waals surface area contributed by atoms with Crippen LogP contribution in [0.15, 0.2) is 18.2 Å². The molecule has 1 aromatic carbocycles. The van der Waals surface area contributed by atoms with Crippen molar-refractivity contribution in [3.63, 3.8) is 0 Å². The highest BCUT2D eigenvalue weighted by Crippen LogP contribution is 2.22. The number of likely N-dealkylation sites (N-methyl/N-ethyl adjacent to an activating group) is 1. The zero-order valence-corrected chi connectivity index (χ0v) is 12.9. The van der Waals surface area contributed by atoms with Gasteiger partial charge in [0.05, 0.1) is 12.7 Å².